The molecule has 39 heavy (non-hydrogen) atoms. The molecule has 2 heterocycles. The molecule has 3 nitrogen and oxygen atoms in total. The lowest BCUT2D eigenvalue weighted by Crippen LogP contribution is -2.34. The molecule has 2 aliphatic rings. The lowest BCUT2D eigenvalue weighted by atomic mass is 9.90. The third kappa shape index (κ3) is 3.37. The third-order valence-corrected chi connectivity index (χ3v) is 8.07. The van der Waals surface area contributed by atoms with Gasteiger partial charge in [-0.1, -0.05) is 115 Å². The van der Waals surface area contributed by atoms with E-state index in [0.29, 0.717) is 0 Å². The van der Waals surface area contributed by atoms with Gasteiger partial charge in [0.15, 0.2) is 0 Å². The summed E-state index contributed by atoms with van der Waals surface area (Å²) in [6.07, 6.45) is 6.48. The van der Waals surface area contributed by atoms with Crippen molar-refractivity contribution in [2.45, 2.75) is 12.1 Å². The molecule has 0 spiro atoms. The number of benzene rings is 5. The van der Waals surface area contributed by atoms with E-state index >= 15 is 0 Å². The minimum absolute atomic E-state index is 0.0145. The van der Waals surface area contributed by atoms with Crippen LogP contribution >= 0.6 is 0 Å². The lowest BCUT2D eigenvalue weighted by molar-refractivity contribution is 0.579. The molecule has 0 fully saturated rings. The van der Waals surface area contributed by atoms with Crippen molar-refractivity contribution in [2.24, 2.45) is 4.99 Å². The topological polar surface area (TPSA) is 34.4 Å². The smallest absolute Gasteiger partial charge is 0.260 e. The fourth-order valence-electron chi connectivity index (χ4n) is 6.24. The largest absolute Gasteiger partial charge is 0.283 e. The van der Waals surface area contributed by atoms with Crippen LogP contribution in [-0.2, 0) is 0 Å². The van der Waals surface area contributed by atoms with Gasteiger partial charge in [0, 0.05) is 16.2 Å². The maximum absolute atomic E-state index is 14.4. The first-order valence-electron chi connectivity index (χ1n) is 13.3. The summed E-state index contributed by atoms with van der Waals surface area (Å²) in [4.78, 5) is 19.5. The van der Waals surface area contributed by atoms with E-state index in [0.717, 1.165) is 60.4 Å². The van der Waals surface area contributed by atoms with Crippen LogP contribution in [0.2, 0.25) is 0 Å². The Bertz CT molecular complexity index is 2070. The Morgan fingerprint density at radius 1 is 0.615 bits per heavy atom. The van der Waals surface area contributed by atoms with Gasteiger partial charge in [0.2, 0.25) is 0 Å². The molecule has 184 valence electrons. The van der Waals surface area contributed by atoms with Crippen LogP contribution in [0.3, 0.4) is 0 Å². The van der Waals surface area contributed by atoms with Gasteiger partial charge >= 0.3 is 0 Å². The highest BCUT2D eigenvalue weighted by molar-refractivity contribution is 6.16. The molecule has 0 N–H and O–H groups in total. The van der Waals surface area contributed by atoms with Crippen molar-refractivity contribution in [2.75, 3.05) is 0 Å². The highest BCUT2D eigenvalue weighted by Gasteiger charge is 2.31. The molecule has 0 saturated heterocycles. The molecule has 2 unspecified atom stereocenters. The van der Waals surface area contributed by atoms with Gasteiger partial charge in [0.1, 0.15) is 5.49 Å². The molecular weight excluding hydrogens is 476 g/mol. The molecule has 2 atom stereocenters. The minimum atomic E-state index is -0.148. The summed E-state index contributed by atoms with van der Waals surface area (Å²) in [6.45, 7) is 0. The zero-order chi connectivity index (χ0) is 25.9. The molecule has 0 saturated carbocycles. The van der Waals surface area contributed by atoms with Crippen molar-refractivity contribution in [1.82, 2.24) is 4.57 Å². The van der Waals surface area contributed by atoms with Crippen molar-refractivity contribution < 1.29 is 0 Å². The molecule has 1 aliphatic heterocycles. The first kappa shape index (κ1) is 22.0. The molecule has 1 aliphatic carbocycles. The van der Waals surface area contributed by atoms with Crippen LogP contribution in [0, 0.1) is 0 Å². The molecule has 3 heteroatoms. The SMILES string of the molecule is O=c1c2cc(-c3ccccc3)cc3c(-c4ccccc4)ccc(c4n1C1C=C(c5ccccc5)C=CC1N=4)c32. The zero-order valence-corrected chi connectivity index (χ0v) is 21.2. The van der Waals surface area contributed by atoms with Gasteiger partial charge in [-0.25, -0.2) is 0 Å². The number of rotatable bonds is 3. The standard InChI is InChI=1S/C36H24N2O/c39-36-31-21-27(24-12-6-2-7-13-24)20-30-28(25-14-8-3-9-15-25)17-18-29(34(30)31)35-37-32-19-16-26(22-33(32)38(35)36)23-10-4-1-5-11-23/h1-22,32-33H. The van der Waals surface area contributed by atoms with Crippen LogP contribution in [0.4, 0.5) is 0 Å². The molecule has 1 aromatic heterocycles. The second-order valence-corrected chi connectivity index (χ2v) is 10.3. The Labute approximate surface area is 225 Å². The molecule has 0 amide bonds. The number of fused-ring (bicyclic) bond motifs is 4. The first-order valence-corrected chi connectivity index (χ1v) is 13.3. The number of nitrogens with zero attached hydrogens (tertiary/aromatic N) is 2. The van der Waals surface area contributed by atoms with Gasteiger partial charge in [0.05, 0.1) is 12.1 Å². The highest BCUT2D eigenvalue weighted by atomic mass is 16.1. The van der Waals surface area contributed by atoms with Crippen LogP contribution in [0.25, 0.3) is 49.4 Å². The van der Waals surface area contributed by atoms with Crippen LogP contribution in [-0.4, -0.2) is 10.6 Å². The summed E-state index contributed by atoms with van der Waals surface area (Å²) >= 11 is 0. The Hall–Kier alpha value is -5.02. The fraction of sp³-hybridized carbons (Fsp3) is 0.0556. The Kier molecular flexibility index (Phi) is 4.80. The number of hydrogen-bond acceptors (Lipinski definition) is 2. The van der Waals surface area contributed by atoms with Gasteiger partial charge in [0.25, 0.3) is 5.56 Å². The predicted octanol–water partition coefficient (Wildman–Crippen LogP) is 7.40. The molecule has 0 bridgehead atoms. The predicted molar refractivity (Wildman–Crippen MR) is 160 cm³/mol. The Morgan fingerprint density at radius 2 is 1.26 bits per heavy atom. The summed E-state index contributed by atoms with van der Waals surface area (Å²) in [7, 11) is 0. The highest BCUT2D eigenvalue weighted by Crippen LogP contribution is 2.38. The number of pyridine rings is 1. The molecule has 6 aromatic rings. The summed E-state index contributed by atoms with van der Waals surface area (Å²) in [5.41, 5.74) is 7.45. The van der Waals surface area contributed by atoms with E-state index in [1.807, 2.05) is 47.0 Å². The average Bonchev–Trinajstić information content (AvgIpc) is 3.40. The van der Waals surface area contributed by atoms with Crippen molar-refractivity contribution in [3.05, 3.63) is 155 Å². The summed E-state index contributed by atoms with van der Waals surface area (Å²) < 4.78 is 1.92. The zero-order valence-electron chi connectivity index (χ0n) is 21.2. The van der Waals surface area contributed by atoms with Crippen molar-refractivity contribution in [1.29, 1.82) is 0 Å². The van der Waals surface area contributed by atoms with Crippen molar-refractivity contribution >= 4 is 27.1 Å². The van der Waals surface area contributed by atoms with Gasteiger partial charge in [-0.2, -0.15) is 0 Å². The van der Waals surface area contributed by atoms with Gasteiger partial charge in [-0.3, -0.25) is 14.4 Å². The van der Waals surface area contributed by atoms with Gasteiger partial charge in [-0.15, -0.1) is 0 Å². The van der Waals surface area contributed by atoms with E-state index in [4.69, 9.17) is 4.99 Å². The lowest BCUT2D eigenvalue weighted by Gasteiger charge is -2.21. The van der Waals surface area contributed by atoms with E-state index in [9.17, 15) is 4.79 Å². The van der Waals surface area contributed by atoms with Gasteiger partial charge < -0.3 is 0 Å². The van der Waals surface area contributed by atoms with Crippen LogP contribution in [0.1, 0.15) is 11.6 Å². The molecular formula is C36H24N2O. The maximum Gasteiger partial charge on any atom is 0.260 e. The number of aromatic nitrogens is 1. The summed E-state index contributed by atoms with van der Waals surface area (Å²) in [5, 5.41) is 3.84. The molecule has 8 rings (SSSR count). The normalized spacial score (nSPS) is 17.6. The van der Waals surface area contributed by atoms with Crippen molar-refractivity contribution in [3.8, 4) is 22.3 Å². The minimum Gasteiger partial charge on any atom is -0.283 e. The fourth-order valence-corrected chi connectivity index (χ4v) is 6.24. The van der Waals surface area contributed by atoms with E-state index in [1.54, 1.807) is 0 Å². The van der Waals surface area contributed by atoms with Gasteiger partial charge in [-0.05, 0) is 57.0 Å². The maximum atomic E-state index is 14.4. The van der Waals surface area contributed by atoms with E-state index < -0.39 is 0 Å². The Morgan fingerprint density at radius 3 is 1.97 bits per heavy atom. The van der Waals surface area contributed by atoms with E-state index in [1.165, 1.54) is 0 Å². The summed E-state index contributed by atoms with van der Waals surface area (Å²) in [6, 6.07) is 39.5. The average molecular weight is 501 g/mol. The van der Waals surface area contributed by atoms with E-state index in [2.05, 4.69) is 91.0 Å². The molecule has 5 aromatic carbocycles. The summed E-state index contributed by atoms with van der Waals surface area (Å²) in [5.74, 6) is 0. The second-order valence-electron chi connectivity index (χ2n) is 10.3. The quantitative estimate of drug-likeness (QED) is 0.249. The van der Waals surface area contributed by atoms with Crippen LogP contribution < -0.4 is 11.0 Å². The van der Waals surface area contributed by atoms with Crippen molar-refractivity contribution in [3.63, 3.8) is 0 Å². The monoisotopic (exact) mass is 500 g/mol. The van der Waals surface area contributed by atoms with Crippen LogP contribution in [0.15, 0.2) is 143 Å². The second kappa shape index (κ2) is 8.50. The van der Waals surface area contributed by atoms with Crippen LogP contribution in [0.5, 0.6) is 0 Å². The third-order valence-electron chi connectivity index (χ3n) is 8.07. The number of allylic oxidation sites excluding steroid dienone is 2. The van der Waals surface area contributed by atoms with E-state index in [-0.39, 0.29) is 17.6 Å². The number of hydrogen-bond donors (Lipinski definition) is 0. The Balaban J connectivity index is 1.45. The first-order chi connectivity index (χ1) is 19.3. The molecule has 0 radical (unpaired) electrons.